The van der Waals surface area contributed by atoms with Gasteiger partial charge in [0.1, 0.15) is 11.7 Å². The van der Waals surface area contributed by atoms with E-state index in [1.165, 1.54) is 0 Å². The molecule has 3 aliphatic heterocycles. The summed E-state index contributed by atoms with van der Waals surface area (Å²) >= 11 is 0. The van der Waals surface area contributed by atoms with Gasteiger partial charge in [0, 0.05) is 24.9 Å². The van der Waals surface area contributed by atoms with Crippen molar-refractivity contribution >= 4 is 12.1 Å². The summed E-state index contributed by atoms with van der Waals surface area (Å²) in [6, 6.07) is 0.0627. The second kappa shape index (κ2) is 17.2. The topological polar surface area (TPSA) is 132 Å². The number of aliphatic hydroxyl groups is 3. The van der Waals surface area contributed by atoms with Gasteiger partial charge >= 0.3 is 12.1 Å². The number of ether oxygens (including phenoxy) is 3. The highest BCUT2D eigenvalue weighted by Gasteiger charge is 2.45. The first-order valence-electron chi connectivity index (χ1n) is 17.2. The van der Waals surface area contributed by atoms with E-state index in [1.807, 2.05) is 45.9 Å². The number of hydrogen-bond acceptors (Lipinski definition) is 9. The van der Waals surface area contributed by atoms with Crippen LogP contribution >= 0.6 is 0 Å². The first-order valence-corrected chi connectivity index (χ1v) is 17.2. The zero-order chi connectivity index (χ0) is 34.2. The number of carbonyl (C=O) groups is 2. The van der Waals surface area contributed by atoms with Crippen molar-refractivity contribution in [3.8, 4) is 0 Å². The summed E-state index contributed by atoms with van der Waals surface area (Å²) in [7, 11) is 3.81. The number of likely N-dealkylation sites (tertiary alicyclic amines) is 1. The third kappa shape index (κ3) is 11.2. The van der Waals surface area contributed by atoms with Gasteiger partial charge in [0.15, 0.2) is 6.10 Å². The molecular formula is C36H60N2O8. The minimum absolute atomic E-state index is 0.0627. The van der Waals surface area contributed by atoms with Crippen molar-refractivity contribution in [2.75, 3.05) is 27.2 Å². The molecule has 46 heavy (non-hydrogen) atoms. The molecule has 0 aromatic rings. The Balaban J connectivity index is 1.71. The van der Waals surface area contributed by atoms with E-state index in [9.17, 15) is 24.9 Å². The van der Waals surface area contributed by atoms with Crippen LogP contribution < -0.4 is 0 Å². The van der Waals surface area contributed by atoms with Crippen molar-refractivity contribution in [2.24, 2.45) is 17.8 Å². The first-order chi connectivity index (χ1) is 21.6. The normalized spacial score (nSPS) is 34.2. The van der Waals surface area contributed by atoms with E-state index >= 15 is 0 Å². The number of allylic oxidation sites excluding steroid dienone is 3. The average Bonchev–Trinajstić information content (AvgIpc) is 3.77. The molecule has 0 radical (unpaired) electrons. The number of nitrogens with zero attached hydrogens (tertiary/aromatic N) is 2. The van der Waals surface area contributed by atoms with Crippen molar-refractivity contribution in [3.05, 3.63) is 36.0 Å². The molecule has 0 aromatic heterocycles. The van der Waals surface area contributed by atoms with Crippen molar-refractivity contribution < 1.29 is 39.1 Å². The third-order valence-corrected chi connectivity index (χ3v) is 10.1. The van der Waals surface area contributed by atoms with E-state index in [4.69, 9.17) is 14.2 Å². The molecule has 3 rings (SSSR count). The van der Waals surface area contributed by atoms with Crippen LogP contribution in [0, 0.1) is 17.8 Å². The maximum Gasteiger partial charge on any atom is 0.410 e. The maximum absolute atomic E-state index is 13.2. The molecule has 262 valence electrons. The summed E-state index contributed by atoms with van der Waals surface area (Å²) in [5.74, 6) is -0.449. The highest BCUT2D eigenvalue weighted by Crippen LogP contribution is 2.36. The number of rotatable bonds is 10. The molecular weight excluding hydrogens is 588 g/mol. The van der Waals surface area contributed by atoms with Gasteiger partial charge in [-0.15, -0.1) is 0 Å². The van der Waals surface area contributed by atoms with E-state index in [0.717, 1.165) is 37.9 Å². The van der Waals surface area contributed by atoms with E-state index < -0.39 is 36.0 Å². The molecule has 2 saturated heterocycles. The van der Waals surface area contributed by atoms with Gasteiger partial charge in [-0.05, 0) is 90.1 Å². The summed E-state index contributed by atoms with van der Waals surface area (Å²) in [6.07, 6.45) is 9.68. The minimum Gasteiger partial charge on any atom is -0.457 e. The number of esters is 1. The largest absolute Gasteiger partial charge is 0.457 e. The Morgan fingerprint density at radius 3 is 2.57 bits per heavy atom. The Hall–Kier alpha value is -2.24. The van der Waals surface area contributed by atoms with Crippen LogP contribution in [0.1, 0.15) is 86.5 Å². The Kier molecular flexibility index (Phi) is 14.3. The van der Waals surface area contributed by atoms with E-state index in [-0.39, 0.29) is 61.4 Å². The summed E-state index contributed by atoms with van der Waals surface area (Å²) in [4.78, 5) is 29.9. The Morgan fingerprint density at radius 2 is 1.91 bits per heavy atom. The van der Waals surface area contributed by atoms with Gasteiger partial charge in [-0.3, -0.25) is 4.79 Å². The second-order valence-corrected chi connectivity index (χ2v) is 14.3. The van der Waals surface area contributed by atoms with Crippen LogP contribution in [-0.2, 0) is 19.0 Å². The molecule has 2 fully saturated rings. The second-order valence-electron chi connectivity index (χ2n) is 14.3. The predicted molar refractivity (Wildman–Crippen MR) is 178 cm³/mol. The molecule has 3 aliphatic rings. The summed E-state index contributed by atoms with van der Waals surface area (Å²) in [5.41, 5.74) is -0.637. The molecule has 3 heterocycles. The quantitative estimate of drug-likeness (QED) is 0.134. The zero-order valence-electron chi connectivity index (χ0n) is 29.3. The van der Waals surface area contributed by atoms with Gasteiger partial charge in [-0.25, -0.2) is 4.79 Å². The average molecular weight is 649 g/mol. The van der Waals surface area contributed by atoms with E-state index in [2.05, 4.69) is 24.9 Å². The summed E-state index contributed by atoms with van der Waals surface area (Å²) in [5, 5.41) is 32.2. The van der Waals surface area contributed by atoms with Crippen LogP contribution in [0.2, 0.25) is 0 Å². The van der Waals surface area contributed by atoms with Crippen molar-refractivity contribution in [1.29, 1.82) is 0 Å². The lowest BCUT2D eigenvalue weighted by molar-refractivity contribution is -0.151. The van der Waals surface area contributed by atoms with Crippen molar-refractivity contribution in [2.45, 2.75) is 135 Å². The number of carbonyl (C=O) groups excluding carboxylic acids is 2. The number of epoxide rings is 1. The molecule has 10 unspecified atom stereocenters. The monoisotopic (exact) mass is 648 g/mol. The predicted octanol–water partition coefficient (Wildman–Crippen LogP) is 4.62. The molecule has 1 amide bonds. The van der Waals surface area contributed by atoms with Gasteiger partial charge in [0.2, 0.25) is 0 Å². The molecule has 0 aromatic carbocycles. The fourth-order valence-corrected chi connectivity index (χ4v) is 6.51. The maximum atomic E-state index is 13.2. The van der Waals surface area contributed by atoms with Crippen LogP contribution in [0.15, 0.2) is 36.0 Å². The van der Waals surface area contributed by atoms with Crippen LogP contribution in [0.25, 0.3) is 0 Å². The van der Waals surface area contributed by atoms with Gasteiger partial charge in [0.05, 0.1) is 30.8 Å². The fraction of sp³-hybridized carbons (Fsp3) is 0.778. The SMILES string of the molecule is CCC(O)C(C)C1OC1CC(C)C=CC=C(C)C1OC(=O)CC(O)CCC(C)(O)C(OC(=O)N(C)C2CCN(C)CC2)C=CC1C. The van der Waals surface area contributed by atoms with Crippen molar-refractivity contribution in [1.82, 2.24) is 9.80 Å². The lowest BCUT2D eigenvalue weighted by atomic mass is 9.88. The van der Waals surface area contributed by atoms with Gasteiger partial charge in [-0.2, -0.15) is 0 Å². The number of piperidine rings is 1. The van der Waals surface area contributed by atoms with E-state index in [0.29, 0.717) is 6.42 Å². The van der Waals surface area contributed by atoms with Gasteiger partial charge < -0.3 is 39.3 Å². The minimum atomic E-state index is -1.46. The fourth-order valence-electron chi connectivity index (χ4n) is 6.51. The molecule has 0 aliphatic carbocycles. The molecule has 0 bridgehead atoms. The molecule has 3 N–H and O–H groups in total. The summed E-state index contributed by atoms with van der Waals surface area (Å²) in [6.45, 7) is 13.3. The third-order valence-electron chi connectivity index (χ3n) is 10.1. The Morgan fingerprint density at radius 1 is 1.24 bits per heavy atom. The Bertz CT molecular complexity index is 1080. The van der Waals surface area contributed by atoms with Crippen LogP contribution in [-0.4, -0.2) is 113 Å². The van der Waals surface area contributed by atoms with E-state index in [1.54, 1.807) is 24.9 Å². The van der Waals surface area contributed by atoms with Gasteiger partial charge in [0.25, 0.3) is 0 Å². The van der Waals surface area contributed by atoms with Crippen LogP contribution in [0.4, 0.5) is 4.79 Å². The molecule has 10 nitrogen and oxygen atoms in total. The zero-order valence-corrected chi connectivity index (χ0v) is 29.3. The number of aliphatic hydroxyl groups excluding tert-OH is 2. The van der Waals surface area contributed by atoms with Crippen LogP contribution in [0.5, 0.6) is 0 Å². The molecule has 10 heteroatoms. The highest BCUT2D eigenvalue weighted by atomic mass is 16.6. The number of amides is 1. The van der Waals surface area contributed by atoms with Gasteiger partial charge in [-0.1, -0.05) is 52.0 Å². The smallest absolute Gasteiger partial charge is 0.410 e. The lowest BCUT2D eigenvalue weighted by Crippen LogP contribution is -2.48. The summed E-state index contributed by atoms with van der Waals surface area (Å²) < 4.78 is 17.7. The highest BCUT2D eigenvalue weighted by molar-refractivity contribution is 5.70. The Labute approximate surface area is 276 Å². The van der Waals surface area contributed by atoms with Crippen LogP contribution in [0.3, 0.4) is 0 Å². The number of cyclic esters (lactones) is 1. The molecule has 0 spiro atoms. The lowest BCUT2D eigenvalue weighted by Gasteiger charge is -2.37. The standard InChI is InChI=1S/C36H60N2O8/c1-9-29(40)26(5)34-30(44-34)21-23(2)11-10-12-24(3)33-25(4)13-14-31(36(6,43)18-15-28(39)22-32(41)46-33)45-35(42)38(8)27-16-19-37(7)20-17-27/h10-14,23,25-31,33-34,39-40,43H,9,15-22H2,1-8H3. The first kappa shape index (κ1) is 38.2. The number of hydrogen-bond donors (Lipinski definition) is 3. The molecule has 0 saturated carbocycles. The molecule has 10 atom stereocenters. The van der Waals surface area contributed by atoms with Crippen molar-refractivity contribution in [3.63, 3.8) is 0 Å².